The van der Waals surface area contributed by atoms with E-state index < -0.39 is 16.2 Å². The molecule has 0 spiro atoms. The Labute approximate surface area is 69.5 Å². The summed E-state index contributed by atoms with van der Waals surface area (Å²) >= 11 is 0. The second-order valence-corrected chi connectivity index (χ2v) is 1.66. The second-order valence-electron chi connectivity index (χ2n) is 1.66. The van der Waals surface area contributed by atoms with E-state index in [9.17, 15) is 20.2 Å². The zero-order valence-corrected chi connectivity index (χ0v) is 5.89. The third kappa shape index (κ3) is 2.28. The molecule has 0 atom stereocenters. The molecule has 1 aromatic heterocycles. The van der Waals surface area contributed by atoms with E-state index in [-0.39, 0.29) is 0 Å². The molecule has 1 rings (SSSR count). The van der Waals surface area contributed by atoms with Gasteiger partial charge in [0, 0.05) is 0 Å². The van der Waals surface area contributed by atoms with Crippen LogP contribution in [-0.2, 0) is 0 Å². The van der Waals surface area contributed by atoms with Crippen LogP contribution in [0, 0.1) is 20.2 Å². The van der Waals surface area contributed by atoms with Gasteiger partial charge in [-0.2, -0.15) is 9.92 Å². The first kappa shape index (κ1) is 8.70. The fourth-order valence-corrected chi connectivity index (χ4v) is 0.543. The Morgan fingerprint density at radius 1 is 1.38 bits per heavy atom. The Balaban J connectivity index is 2.76. The first-order chi connectivity index (χ1) is 6.09. The van der Waals surface area contributed by atoms with Crippen LogP contribution in [-0.4, -0.2) is 19.9 Å². The van der Waals surface area contributed by atoms with Crippen molar-refractivity contribution in [2.24, 2.45) is 0 Å². The van der Waals surface area contributed by atoms with Crippen LogP contribution >= 0.6 is 0 Å². The number of nitrogens with zero attached hydrogens (tertiary/aromatic N) is 4. The molecule has 0 bridgehead atoms. The highest BCUT2D eigenvalue weighted by atomic mass is 17.0. The van der Waals surface area contributed by atoms with E-state index in [0.29, 0.717) is 4.73 Å². The molecule has 0 saturated heterocycles. The van der Waals surface area contributed by atoms with Crippen LogP contribution in [0.2, 0.25) is 0 Å². The maximum Gasteiger partial charge on any atom is 0.404 e. The van der Waals surface area contributed by atoms with Crippen LogP contribution in [0.4, 0.5) is 0 Å². The standard InChI is InChI=1S/C3H2N4O6/c8-6(9)12-3-4-1-2-5(3)13-7(10)11/h1-2H. The van der Waals surface area contributed by atoms with E-state index in [1.807, 2.05) is 0 Å². The van der Waals surface area contributed by atoms with E-state index in [4.69, 9.17) is 0 Å². The highest BCUT2D eigenvalue weighted by Gasteiger charge is 2.13. The maximum absolute atomic E-state index is 9.81. The number of imidazole rings is 1. The average Bonchev–Trinajstić information content (AvgIpc) is 2.34. The lowest BCUT2D eigenvalue weighted by Crippen LogP contribution is -2.19. The fraction of sp³-hybridized carbons (Fsp3) is 0. The Bertz CT molecular complexity index is 302. The minimum atomic E-state index is -1.16. The molecule has 70 valence electrons. The predicted octanol–water partition coefficient (Wildman–Crippen LogP) is -0.926. The van der Waals surface area contributed by atoms with Crippen molar-refractivity contribution in [3.63, 3.8) is 0 Å². The third-order valence-electron chi connectivity index (χ3n) is 0.886. The summed E-state index contributed by atoms with van der Waals surface area (Å²) in [6.07, 6.45) is 2.03. The topological polar surface area (TPSA) is 123 Å². The van der Waals surface area contributed by atoms with Crippen molar-refractivity contribution >= 4 is 0 Å². The van der Waals surface area contributed by atoms with Crippen LogP contribution < -0.4 is 9.78 Å². The van der Waals surface area contributed by atoms with Crippen molar-refractivity contribution in [3.8, 4) is 6.01 Å². The van der Waals surface area contributed by atoms with Gasteiger partial charge in [-0.3, -0.25) is 0 Å². The molecule has 0 N–H and O–H groups in total. The summed E-state index contributed by atoms with van der Waals surface area (Å²) in [7, 11) is 0. The highest BCUT2D eigenvalue weighted by molar-refractivity contribution is 4.93. The van der Waals surface area contributed by atoms with Gasteiger partial charge in [0.1, 0.15) is 6.20 Å². The van der Waals surface area contributed by atoms with Gasteiger partial charge in [0.2, 0.25) is 0 Å². The van der Waals surface area contributed by atoms with Crippen LogP contribution in [0.1, 0.15) is 0 Å². The van der Waals surface area contributed by atoms with Gasteiger partial charge in [-0.05, 0) is 0 Å². The first-order valence-corrected chi connectivity index (χ1v) is 2.78. The molecule has 1 aromatic rings. The molecule has 0 aliphatic rings. The number of hydrogen-bond acceptors (Lipinski definition) is 7. The summed E-state index contributed by atoms with van der Waals surface area (Å²) in [5.41, 5.74) is 0. The van der Waals surface area contributed by atoms with E-state index in [1.165, 1.54) is 0 Å². The molecule has 0 radical (unpaired) electrons. The highest BCUT2D eigenvalue weighted by Crippen LogP contribution is 2.04. The van der Waals surface area contributed by atoms with E-state index in [0.717, 1.165) is 12.4 Å². The molecule has 10 nitrogen and oxygen atoms in total. The van der Waals surface area contributed by atoms with Gasteiger partial charge in [-0.15, -0.1) is 10.1 Å². The van der Waals surface area contributed by atoms with Gasteiger partial charge in [0.05, 0.1) is 6.20 Å². The second kappa shape index (κ2) is 3.34. The SMILES string of the molecule is O=[N+]([O-])Oc1nccn1O[N+](=O)[O-]. The minimum Gasteiger partial charge on any atom is -0.218 e. The fourth-order valence-electron chi connectivity index (χ4n) is 0.543. The zero-order chi connectivity index (χ0) is 9.84. The van der Waals surface area contributed by atoms with Crippen LogP contribution in [0.25, 0.3) is 0 Å². The van der Waals surface area contributed by atoms with Gasteiger partial charge in [-0.1, -0.05) is 4.73 Å². The van der Waals surface area contributed by atoms with E-state index in [1.54, 1.807) is 0 Å². The van der Waals surface area contributed by atoms with Crippen molar-refractivity contribution in [2.75, 3.05) is 0 Å². The quantitative estimate of drug-likeness (QED) is 0.443. The number of aromatic nitrogens is 2. The summed E-state index contributed by atoms with van der Waals surface area (Å²) in [4.78, 5) is 30.6. The third-order valence-corrected chi connectivity index (χ3v) is 0.886. The minimum absolute atomic E-state index is 0.406. The summed E-state index contributed by atoms with van der Waals surface area (Å²) in [6.45, 7) is 0. The van der Waals surface area contributed by atoms with E-state index >= 15 is 0 Å². The molecule has 0 saturated carbocycles. The molecule has 0 aromatic carbocycles. The van der Waals surface area contributed by atoms with Crippen molar-refractivity contribution < 1.29 is 19.9 Å². The molecule has 10 heteroatoms. The predicted molar refractivity (Wildman–Crippen MR) is 33.4 cm³/mol. The molecule has 0 amide bonds. The lowest BCUT2D eigenvalue weighted by molar-refractivity contribution is -0.756. The zero-order valence-electron chi connectivity index (χ0n) is 5.89. The maximum atomic E-state index is 9.81. The van der Waals surface area contributed by atoms with Crippen molar-refractivity contribution in [2.45, 2.75) is 0 Å². The number of hydrogen-bond donors (Lipinski definition) is 0. The van der Waals surface area contributed by atoms with Crippen molar-refractivity contribution in [1.29, 1.82) is 0 Å². The molecule has 0 aliphatic heterocycles. The van der Waals surface area contributed by atoms with Gasteiger partial charge in [-0.25, -0.2) is 15.0 Å². The summed E-state index contributed by atoms with van der Waals surface area (Å²) in [6, 6.07) is -0.637. The number of rotatable bonds is 4. The van der Waals surface area contributed by atoms with Crippen molar-refractivity contribution in [3.05, 3.63) is 32.6 Å². The average molecular weight is 190 g/mol. The molecule has 0 aliphatic carbocycles. The van der Waals surface area contributed by atoms with Gasteiger partial charge in [0.25, 0.3) is 0 Å². The van der Waals surface area contributed by atoms with Gasteiger partial charge >= 0.3 is 11.1 Å². The molecule has 0 unspecified atom stereocenters. The van der Waals surface area contributed by atoms with Crippen LogP contribution in [0.3, 0.4) is 0 Å². The monoisotopic (exact) mass is 190 g/mol. The lowest BCUT2D eigenvalue weighted by Gasteiger charge is -1.97. The van der Waals surface area contributed by atoms with Gasteiger partial charge in [0.15, 0.2) is 5.09 Å². The Hall–Kier alpha value is -2.39. The molecule has 13 heavy (non-hydrogen) atoms. The van der Waals surface area contributed by atoms with Crippen LogP contribution in [0.5, 0.6) is 6.01 Å². The smallest absolute Gasteiger partial charge is 0.218 e. The Morgan fingerprint density at radius 2 is 2.08 bits per heavy atom. The first-order valence-electron chi connectivity index (χ1n) is 2.78. The Kier molecular flexibility index (Phi) is 2.23. The molecule has 1 heterocycles. The summed E-state index contributed by atoms with van der Waals surface area (Å²) in [5.74, 6) is 0. The molecular formula is C3H2N4O6. The van der Waals surface area contributed by atoms with Crippen LogP contribution in [0.15, 0.2) is 12.4 Å². The summed E-state index contributed by atoms with van der Waals surface area (Å²) in [5, 5.41) is 17.3. The van der Waals surface area contributed by atoms with E-state index in [2.05, 4.69) is 14.8 Å². The van der Waals surface area contributed by atoms with Gasteiger partial charge < -0.3 is 0 Å². The lowest BCUT2D eigenvalue weighted by atomic mass is 11.0. The largest absolute Gasteiger partial charge is 0.404 e. The summed E-state index contributed by atoms with van der Waals surface area (Å²) < 4.78 is 0.406. The molecule has 0 fully saturated rings. The normalized spacial score (nSPS) is 9.23. The Morgan fingerprint density at radius 3 is 2.62 bits per heavy atom. The molecular weight excluding hydrogens is 188 g/mol. The van der Waals surface area contributed by atoms with Crippen molar-refractivity contribution in [1.82, 2.24) is 9.71 Å².